The van der Waals surface area contributed by atoms with Gasteiger partial charge in [0.15, 0.2) is 0 Å². The SMILES string of the molecule is N/C=C1/C=C(SCl)C=CN1N. The predicted molar refractivity (Wildman–Crippen MR) is 49.0 cm³/mol. The second-order valence-corrected chi connectivity index (χ2v) is 3.03. The molecule has 0 aromatic carbocycles. The predicted octanol–water partition coefficient (Wildman–Crippen LogP) is 1.26. The van der Waals surface area contributed by atoms with E-state index >= 15 is 0 Å². The highest BCUT2D eigenvalue weighted by Gasteiger charge is 2.05. The molecule has 60 valence electrons. The molecule has 1 aliphatic heterocycles. The Bertz CT molecular complexity index is 234. The van der Waals surface area contributed by atoms with Gasteiger partial charge in [-0.15, -0.1) is 0 Å². The normalized spacial score (nSPS) is 20.7. The zero-order chi connectivity index (χ0) is 8.27. The van der Waals surface area contributed by atoms with Crippen LogP contribution in [0, 0.1) is 0 Å². The minimum absolute atomic E-state index is 0.732. The monoisotopic (exact) mass is 189 g/mol. The summed E-state index contributed by atoms with van der Waals surface area (Å²) in [6.07, 6.45) is 6.74. The van der Waals surface area contributed by atoms with Crippen LogP contribution in [0.3, 0.4) is 0 Å². The molecular formula is C6H8ClN3S. The van der Waals surface area contributed by atoms with Crippen molar-refractivity contribution < 1.29 is 0 Å². The Hall–Kier alpha value is -0.580. The van der Waals surface area contributed by atoms with Crippen LogP contribution >= 0.6 is 21.7 Å². The average molecular weight is 190 g/mol. The Labute approximate surface area is 73.8 Å². The molecule has 11 heavy (non-hydrogen) atoms. The van der Waals surface area contributed by atoms with Crippen LogP contribution in [0.4, 0.5) is 0 Å². The first kappa shape index (κ1) is 8.52. The van der Waals surface area contributed by atoms with Crippen molar-refractivity contribution in [2.24, 2.45) is 11.6 Å². The van der Waals surface area contributed by atoms with Crippen molar-refractivity contribution in [2.45, 2.75) is 0 Å². The summed E-state index contributed by atoms with van der Waals surface area (Å²) in [5, 5.41) is 1.43. The van der Waals surface area contributed by atoms with E-state index in [4.69, 9.17) is 22.3 Å². The van der Waals surface area contributed by atoms with E-state index in [2.05, 4.69) is 0 Å². The Balaban J connectivity index is 2.84. The Kier molecular flexibility index (Phi) is 2.87. The molecule has 0 bridgehead atoms. The second-order valence-electron chi connectivity index (χ2n) is 1.94. The lowest BCUT2D eigenvalue weighted by Crippen LogP contribution is -2.25. The molecular weight excluding hydrogens is 182 g/mol. The average Bonchev–Trinajstić information content (AvgIpc) is 2.05. The van der Waals surface area contributed by atoms with E-state index in [1.807, 2.05) is 6.08 Å². The van der Waals surface area contributed by atoms with Crippen LogP contribution in [0.25, 0.3) is 0 Å². The molecule has 0 aliphatic carbocycles. The van der Waals surface area contributed by atoms with E-state index in [0.717, 1.165) is 21.6 Å². The summed E-state index contributed by atoms with van der Waals surface area (Å²) in [6.45, 7) is 0. The quantitative estimate of drug-likeness (QED) is 0.610. The van der Waals surface area contributed by atoms with Gasteiger partial charge in [-0.2, -0.15) is 0 Å². The summed E-state index contributed by atoms with van der Waals surface area (Å²) < 4.78 is 0. The smallest absolute Gasteiger partial charge is 0.0734 e. The van der Waals surface area contributed by atoms with Gasteiger partial charge in [-0.25, -0.2) is 5.84 Å². The van der Waals surface area contributed by atoms with Crippen molar-refractivity contribution in [3.8, 4) is 0 Å². The van der Waals surface area contributed by atoms with Gasteiger partial charge in [0.1, 0.15) is 0 Å². The number of halogens is 1. The maximum absolute atomic E-state index is 5.52. The minimum atomic E-state index is 0.732. The first-order chi connectivity index (χ1) is 5.27. The number of nitrogens with zero attached hydrogens (tertiary/aromatic N) is 1. The van der Waals surface area contributed by atoms with Gasteiger partial charge in [-0.1, -0.05) is 0 Å². The fraction of sp³-hybridized carbons (Fsp3) is 0. The molecule has 5 heteroatoms. The molecule has 1 rings (SSSR count). The number of hydrazine groups is 1. The van der Waals surface area contributed by atoms with Gasteiger partial charge in [-0.05, 0) is 33.8 Å². The minimum Gasteiger partial charge on any atom is -0.403 e. The lowest BCUT2D eigenvalue weighted by molar-refractivity contribution is 0.503. The van der Waals surface area contributed by atoms with Crippen molar-refractivity contribution in [1.29, 1.82) is 0 Å². The molecule has 4 N–H and O–H groups in total. The molecule has 0 unspecified atom stereocenters. The van der Waals surface area contributed by atoms with E-state index in [0.29, 0.717) is 0 Å². The molecule has 0 atom stereocenters. The van der Waals surface area contributed by atoms with Gasteiger partial charge < -0.3 is 5.73 Å². The molecule has 0 radical (unpaired) electrons. The third kappa shape index (κ3) is 1.92. The number of allylic oxidation sites excluding steroid dienone is 2. The summed E-state index contributed by atoms with van der Waals surface area (Å²) in [5.74, 6) is 5.51. The van der Waals surface area contributed by atoms with Crippen molar-refractivity contribution in [2.75, 3.05) is 0 Å². The molecule has 0 aromatic rings. The number of rotatable bonds is 1. The molecule has 0 saturated heterocycles. The van der Waals surface area contributed by atoms with Crippen LogP contribution < -0.4 is 11.6 Å². The second kappa shape index (κ2) is 3.71. The standard InChI is InChI=1S/C6H8ClN3S/c7-11-6-1-2-10(9)5(3-6)4-8/h1-4H,8-9H2/b5-4-. The first-order valence-corrected chi connectivity index (χ1v) is 4.56. The highest BCUT2D eigenvalue weighted by Crippen LogP contribution is 2.26. The summed E-state index contributed by atoms with van der Waals surface area (Å²) in [7, 11) is 6.65. The van der Waals surface area contributed by atoms with Crippen LogP contribution in [0.15, 0.2) is 35.2 Å². The first-order valence-electron chi connectivity index (χ1n) is 2.92. The van der Waals surface area contributed by atoms with Crippen LogP contribution in [0.2, 0.25) is 0 Å². The highest BCUT2D eigenvalue weighted by molar-refractivity contribution is 8.24. The fourth-order valence-corrected chi connectivity index (χ4v) is 1.26. The third-order valence-electron chi connectivity index (χ3n) is 1.25. The number of hydrogen-bond acceptors (Lipinski definition) is 4. The zero-order valence-corrected chi connectivity index (χ0v) is 7.27. The van der Waals surface area contributed by atoms with Crippen molar-refractivity contribution in [1.82, 2.24) is 5.01 Å². The third-order valence-corrected chi connectivity index (χ3v) is 2.21. The fourth-order valence-electron chi connectivity index (χ4n) is 0.690. The number of nitrogens with two attached hydrogens (primary N) is 2. The van der Waals surface area contributed by atoms with E-state index in [1.54, 1.807) is 12.3 Å². The largest absolute Gasteiger partial charge is 0.403 e. The van der Waals surface area contributed by atoms with E-state index < -0.39 is 0 Å². The molecule has 0 aromatic heterocycles. The van der Waals surface area contributed by atoms with Gasteiger partial charge in [0.2, 0.25) is 0 Å². The van der Waals surface area contributed by atoms with Crippen LogP contribution in [0.5, 0.6) is 0 Å². The summed E-state index contributed by atoms with van der Waals surface area (Å²) in [6, 6.07) is 0. The maximum Gasteiger partial charge on any atom is 0.0734 e. The van der Waals surface area contributed by atoms with Crippen molar-refractivity contribution in [3.05, 3.63) is 35.2 Å². The van der Waals surface area contributed by atoms with Gasteiger partial charge >= 0.3 is 0 Å². The van der Waals surface area contributed by atoms with Crippen LogP contribution in [0.1, 0.15) is 0 Å². The van der Waals surface area contributed by atoms with Gasteiger partial charge in [-0.3, -0.25) is 5.01 Å². The van der Waals surface area contributed by atoms with Crippen molar-refractivity contribution >= 4 is 21.7 Å². The summed E-state index contributed by atoms with van der Waals surface area (Å²) >= 11 is 0. The van der Waals surface area contributed by atoms with Gasteiger partial charge in [0.25, 0.3) is 0 Å². The topological polar surface area (TPSA) is 55.3 Å². The molecule has 0 spiro atoms. The van der Waals surface area contributed by atoms with E-state index in [1.165, 1.54) is 11.2 Å². The Morgan fingerprint density at radius 1 is 1.64 bits per heavy atom. The van der Waals surface area contributed by atoms with Crippen LogP contribution in [-0.4, -0.2) is 5.01 Å². The van der Waals surface area contributed by atoms with Crippen molar-refractivity contribution in [3.63, 3.8) is 0 Å². The molecule has 0 fully saturated rings. The van der Waals surface area contributed by atoms with E-state index in [9.17, 15) is 0 Å². The van der Waals surface area contributed by atoms with E-state index in [-0.39, 0.29) is 0 Å². The van der Waals surface area contributed by atoms with Crippen LogP contribution in [-0.2, 0) is 0 Å². The molecule has 0 amide bonds. The van der Waals surface area contributed by atoms with Gasteiger partial charge in [0.05, 0.1) is 5.70 Å². The Morgan fingerprint density at radius 2 is 2.36 bits per heavy atom. The maximum atomic E-state index is 5.52. The lowest BCUT2D eigenvalue weighted by Gasteiger charge is -2.18. The molecule has 1 heterocycles. The molecule has 3 nitrogen and oxygen atoms in total. The molecule has 1 aliphatic rings. The number of hydrogen-bond donors (Lipinski definition) is 2. The van der Waals surface area contributed by atoms with Gasteiger partial charge in [0, 0.05) is 17.3 Å². The summed E-state index contributed by atoms with van der Waals surface area (Å²) in [5.41, 5.74) is 6.03. The Morgan fingerprint density at radius 3 is 2.91 bits per heavy atom. The lowest BCUT2D eigenvalue weighted by atomic mass is 10.3. The highest BCUT2D eigenvalue weighted by atomic mass is 35.7. The zero-order valence-electron chi connectivity index (χ0n) is 5.70. The summed E-state index contributed by atoms with van der Waals surface area (Å²) in [4.78, 5) is 0.921. The molecule has 0 saturated carbocycles.